The second-order valence-electron chi connectivity index (χ2n) is 3.30. The van der Waals surface area contributed by atoms with Gasteiger partial charge in [-0.05, 0) is 13.8 Å². The van der Waals surface area contributed by atoms with Crippen LogP contribution in [-0.4, -0.2) is 47.8 Å². The summed E-state index contributed by atoms with van der Waals surface area (Å²) in [5.74, 6) is 0. The van der Waals surface area contributed by atoms with Crippen LogP contribution in [0.5, 0.6) is 0 Å². The lowest BCUT2D eigenvalue weighted by atomic mass is 10.1. The van der Waals surface area contributed by atoms with Crippen molar-refractivity contribution in [2.45, 2.75) is 25.9 Å². The first-order chi connectivity index (χ1) is 5.69. The van der Waals surface area contributed by atoms with Crippen LogP contribution in [0.2, 0.25) is 0 Å². The number of carbonyl (C=O) groups is 2. The highest BCUT2D eigenvalue weighted by atomic mass is 16.1. The van der Waals surface area contributed by atoms with E-state index < -0.39 is 0 Å². The van der Waals surface area contributed by atoms with E-state index in [9.17, 15) is 9.59 Å². The number of hydrogen-bond acceptors (Lipinski definition) is 2. The Kier molecular flexibility index (Phi) is 2.68. The molecule has 68 valence electrons. The third-order valence-electron chi connectivity index (χ3n) is 2.35. The van der Waals surface area contributed by atoms with Crippen LogP contribution in [0.4, 0.5) is 0 Å². The molecular weight excluding hydrogens is 156 g/mol. The van der Waals surface area contributed by atoms with Gasteiger partial charge in [-0.2, -0.15) is 0 Å². The Morgan fingerprint density at radius 2 is 1.33 bits per heavy atom. The van der Waals surface area contributed by atoms with E-state index in [-0.39, 0.29) is 12.1 Å². The summed E-state index contributed by atoms with van der Waals surface area (Å²) in [5, 5.41) is 0. The van der Waals surface area contributed by atoms with Crippen LogP contribution in [0.1, 0.15) is 13.8 Å². The number of carbonyl (C=O) groups excluding carboxylic acids is 2. The molecule has 1 heterocycles. The van der Waals surface area contributed by atoms with Gasteiger partial charge in [0.2, 0.25) is 12.8 Å². The van der Waals surface area contributed by atoms with Crippen LogP contribution in [0.3, 0.4) is 0 Å². The van der Waals surface area contributed by atoms with Gasteiger partial charge in [0.25, 0.3) is 0 Å². The van der Waals surface area contributed by atoms with Crippen molar-refractivity contribution in [2.75, 3.05) is 13.1 Å². The number of amides is 2. The van der Waals surface area contributed by atoms with Gasteiger partial charge in [-0.15, -0.1) is 0 Å². The predicted octanol–water partition coefficient (Wildman–Crippen LogP) is -0.306. The van der Waals surface area contributed by atoms with Crippen molar-refractivity contribution in [2.24, 2.45) is 0 Å². The normalized spacial score (nSPS) is 30.2. The molecule has 4 nitrogen and oxygen atoms in total. The van der Waals surface area contributed by atoms with E-state index in [0.717, 1.165) is 12.8 Å². The van der Waals surface area contributed by atoms with E-state index in [1.807, 2.05) is 13.8 Å². The average Bonchev–Trinajstić information content (AvgIpc) is 2.08. The minimum atomic E-state index is 0.142. The lowest BCUT2D eigenvalue weighted by molar-refractivity contribution is -0.131. The SMILES string of the molecule is C[C@H]1CN(C=O)[C@@H](C)CN1C=O. The zero-order chi connectivity index (χ0) is 9.14. The molecule has 1 fully saturated rings. The summed E-state index contributed by atoms with van der Waals surface area (Å²) in [4.78, 5) is 24.5. The van der Waals surface area contributed by atoms with E-state index in [1.165, 1.54) is 0 Å². The zero-order valence-corrected chi connectivity index (χ0v) is 7.43. The molecule has 2 atom stereocenters. The van der Waals surface area contributed by atoms with Gasteiger partial charge in [0, 0.05) is 25.2 Å². The standard InChI is InChI=1S/C8H14N2O2/c1-7-3-10(6-12)8(2)4-9(7)5-11/h5-8H,3-4H2,1-2H3/t7-,8-/m0/s1. The molecule has 1 aliphatic rings. The number of nitrogens with zero attached hydrogens (tertiary/aromatic N) is 2. The van der Waals surface area contributed by atoms with Gasteiger partial charge in [0.1, 0.15) is 0 Å². The van der Waals surface area contributed by atoms with Gasteiger partial charge in [0.05, 0.1) is 0 Å². The second-order valence-corrected chi connectivity index (χ2v) is 3.30. The first-order valence-electron chi connectivity index (χ1n) is 4.11. The van der Waals surface area contributed by atoms with Gasteiger partial charge in [-0.3, -0.25) is 9.59 Å². The molecule has 12 heavy (non-hydrogen) atoms. The molecule has 1 aliphatic heterocycles. The minimum absolute atomic E-state index is 0.142. The smallest absolute Gasteiger partial charge is 0.210 e. The molecule has 0 radical (unpaired) electrons. The van der Waals surface area contributed by atoms with Crippen LogP contribution >= 0.6 is 0 Å². The van der Waals surface area contributed by atoms with E-state index in [2.05, 4.69) is 0 Å². The molecular formula is C8H14N2O2. The molecule has 0 aliphatic carbocycles. The van der Waals surface area contributed by atoms with Crippen molar-refractivity contribution in [1.82, 2.24) is 9.80 Å². The maximum atomic E-state index is 10.5. The van der Waals surface area contributed by atoms with E-state index in [0.29, 0.717) is 13.1 Å². The third-order valence-corrected chi connectivity index (χ3v) is 2.35. The van der Waals surface area contributed by atoms with Crippen LogP contribution in [0.25, 0.3) is 0 Å². The van der Waals surface area contributed by atoms with Crippen molar-refractivity contribution < 1.29 is 9.59 Å². The summed E-state index contributed by atoms with van der Waals surface area (Å²) >= 11 is 0. The maximum absolute atomic E-state index is 10.5. The Labute approximate surface area is 72.1 Å². The van der Waals surface area contributed by atoms with E-state index >= 15 is 0 Å². The number of piperazine rings is 1. The molecule has 0 unspecified atom stereocenters. The molecule has 0 spiro atoms. The monoisotopic (exact) mass is 170 g/mol. The summed E-state index contributed by atoms with van der Waals surface area (Å²) in [5.41, 5.74) is 0. The van der Waals surface area contributed by atoms with Crippen molar-refractivity contribution in [3.05, 3.63) is 0 Å². The summed E-state index contributed by atoms with van der Waals surface area (Å²) in [7, 11) is 0. The molecule has 0 N–H and O–H groups in total. The van der Waals surface area contributed by atoms with Crippen molar-refractivity contribution in [3.63, 3.8) is 0 Å². The van der Waals surface area contributed by atoms with Gasteiger partial charge in [-0.25, -0.2) is 0 Å². The van der Waals surface area contributed by atoms with Crippen LogP contribution < -0.4 is 0 Å². The van der Waals surface area contributed by atoms with Gasteiger partial charge in [0.15, 0.2) is 0 Å². The van der Waals surface area contributed by atoms with Crippen LogP contribution in [0, 0.1) is 0 Å². The molecule has 4 heteroatoms. The van der Waals surface area contributed by atoms with E-state index in [1.54, 1.807) is 9.80 Å². The van der Waals surface area contributed by atoms with E-state index in [4.69, 9.17) is 0 Å². The predicted molar refractivity (Wildman–Crippen MR) is 44.5 cm³/mol. The Bertz CT molecular complexity index is 164. The minimum Gasteiger partial charge on any atom is -0.339 e. The number of rotatable bonds is 2. The highest BCUT2D eigenvalue weighted by molar-refractivity contribution is 5.52. The molecule has 1 rings (SSSR count). The summed E-state index contributed by atoms with van der Waals surface area (Å²) < 4.78 is 0. The fourth-order valence-electron chi connectivity index (χ4n) is 1.47. The quantitative estimate of drug-likeness (QED) is 0.533. The van der Waals surface area contributed by atoms with Gasteiger partial charge in [-0.1, -0.05) is 0 Å². The van der Waals surface area contributed by atoms with Crippen LogP contribution in [-0.2, 0) is 9.59 Å². The Hall–Kier alpha value is -1.06. The van der Waals surface area contributed by atoms with Crippen molar-refractivity contribution in [1.29, 1.82) is 0 Å². The maximum Gasteiger partial charge on any atom is 0.210 e. The molecule has 0 aromatic heterocycles. The fraction of sp³-hybridized carbons (Fsp3) is 0.750. The average molecular weight is 170 g/mol. The third kappa shape index (κ3) is 1.57. The largest absolute Gasteiger partial charge is 0.339 e. The Morgan fingerprint density at radius 1 is 1.00 bits per heavy atom. The van der Waals surface area contributed by atoms with Crippen LogP contribution in [0.15, 0.2) is 0 Å². The van der Waals surface area contributed by atoms with Gasteiger partial charge < -0.3 is 9.80 Å². The lowest BCUT2D eigenvalue weighted by Crippen LogP contribution is -2.55. The Morgan fingerprint density at radius 3 is 1.58 bits per heavy atom. The highest BCUT2D eigenvalue weighted by Gasteiger charge is 2.26. The molecule has 0 aromatic rings. The lowest BCUT2D eigenvalue weighted by Gasteiger charge is -2.40. The highest BCUT2D eigenvalue weighted by Crippen LogP contribution is 2.10. The molecule has 1 saturated heterocycles. The summed E-state index contributed by atoms with van der Waals surface area (Å²) in [6.45, 7) is 5.17. The summed E-state index contributed by atoms with van der Waals surface area (Å²) in [6.07, 6.45) is 1.70. The zero-order valence-electron chi connectivity index (χ0n) is 7.43. The first kappa shape index (κ1) is 9.03. The topological polar surface area (TPSA) is 40.6 Å². The number of hydrogen-bond donors (Lipinski definition) is 0. The molecule has 0 saturated carbocycles. The molecule has 2 amide bonds. The van der Waals surface area contributed by atoms with Crippen molar-refractivity contribution in [3.8, 4) is 0 Å². The fourth-order valence-corrected chi connectivity index (χ4v) is 1.47. The Balaban J connectivity index is 2.60. The molecule has 0 bridgehead atoms. The first-order valence-corrected chi connectivity index (χ1v) is 4.11. The van der Waals surface area contributed by atoms with Gasteiger partial charge >= 0.3 is 0 Å². The molecule has 0 aromatic carbocycles. The van der Waals surface area contributed by atoms with Crippen molar-refractivity contribution >= 4 is 12.8 Å². The second kappa shape index (κ2) is 3.56. The summed E-state index contributed by atoms with van der Waals surface area (Å²) in [6, 6.07) is 0.285.